The van der Waals surface area contributed by atoms with Crippen molar-refractivity contribution in [2.45, 2.75) is 76.9 Å². The lowest BCUT2D eigenvalue weighted by Crippen LogP contribution is -2.53. The first-order chi connectivity index (χ1) is 21.6. The number of rotatable bonds is 14. The monoisotopic (exact) mass is 653 g/mol. The van der Waals surface area contributed by atoms with E-state index in [1.54, 1.807) is 23.1 Å². The van der Waals surface area contributed by atoms with Crippen LogP contribution < -0.4 is 14.4 Å². The Labute approximate surface area is 272 Å². The van der Waals surface area contributed by atoms with E-state index >= 15 is 0 Å². The Morgan fingerprint density at radius 2 is 1.69 bits per heavy atom. The molecule has 1 saturated carbocycles. The zero-order chi connectivity index (χ0) is 32.4. The number of benzene rings is 3. The maximum Gasteiger partial charge on any atom is 0.243 e. The number of methoxy groups -OCH3 is 1. The number of carbonyl (C=O) groups excluding carboxylic acids is 2. The lowest BCUT2D eigenvalue weighted by atomic mass is 9.94. The Morgan fingerprint density at radius 1 is 1.00 bits per heavy atom. The average molecular weight is 654 g/mol. The van der Waals surface area contributed by atoms with E-state index < -0.39 is 16.1 Å². The van der Waals surface area contributed by atoms with Crippen LogP contribution in [0.3, 0.4) is 0 Å². The summed E-state index contributed by atoms with van der Waals surface area (Å²) in [6.45, 7) is 2.34. The molecule has 1 fully saturated rings. The van der Waals surface area contributed by atoms with Crippen molar-refractivity contribution < 1.29 is 22.7 Å². The van der Waals surface area contributed by atoms with Crippen LogP contribution in [0.1, 0.15) is 61.6 Å². The normalized spacial score (nSPS) is 14.4. The van der Waals surface area contributed by atoms with Crippen LogP contribution >= 0.6 is 11.6 Å². The molecular weight excluding hydrogens is 610 g/mol. The highest BCUT2D eigenvalue weighted by Gasteiger charge is 2.32. The van der Waals surface area contributed by atoms with Crippen molar-refractivity contribution in [2.75, 3.05) is 24.2 Å². The van der Waals surface area contributed by atoms with Gasteiger partial charge in [0.05, 0.1) is 24.1 Å². The molecule has 0 heterocycles. The maximum absolute atomic E-state index is 14.1. The molecule has 0 radical (unpaired) electrons. The minimum atomic E-state index is -3.67. The van der Waals surface area contributed by atoms with Gasteiger partial charge >= 0.3 is 0 Å². The van der Waals surface area contributed by atoms with Gasteiger partial charge in [0.15, 0.2) is 0 Å². The molecule has 10 heteroatoms. The molecule has 8 nitrogen and oxygen atoms in total. The van der Waals surface area contributed by atoms with E-state index in [1.807, 2.05) is 61.5 Å². The molecule has 0 bridgehead atoms. The highest BCUT2D eigenvalue weighted by molar-refractivity contribution is 7.92. The number of carbonyl (C=O) groups is 2. The van der Waals surface area contributed by atoms with Gasteiger partial charge in [-0.25, -0.2) is 8.42 Å². The fraction of sp³-hybridized carbons (Fsp3) is 0.429. The van der Waals surface area contributed by atoms with Crippen LogP contribution in [0, 0.1) is 6.92 Å². The van der Waals surface area contributed by atoms with Gasteiger partial charge in [0.2, 0.25) is 21.8 Å². The number of anilines is 1. The number of hydrogen-bond acceptors (Lipinski definition) is 5. The molecule has 2 amide bonds. The molecule has 3 aromatic rings. The van der Waals surface area contributed by atoms with Gasteiger partial charge in [-0.2, -0.15) is 0 Å². The third-order valence-electron chi connectivity index (χ3n) is 8.40. The van der Waals surface area contributed by atoms with Gasteiger partial charge in [0.25, 0.3) is 0 Å². The maximum atomic E-state index is 14.1. The fourth-order valence-electron chi connectivity index (χ4n) is 5.88. The summed E-state index contributed by atoms with van der Waals surface area (Å²) < 4.78 is 32.0. The van der Waals surface area contributed by atoms with E-state index in [1.165, 1.54) is 17.8 Å². The molecule has 1 atom stereocenters. The molecule has 45 heavy (non-hydrogen) atoms. The second kappa shape index (κ2) is 16.1. The molecule has 0 unspecified atom stereocenters. The number of hydrogen-bond donors (Lipinski definition) is 1. The van der Waals surface area contributed by atoms with Crippen molar-refractivity contribution in [3.8, 4) is 5.75 Å². The third kappa shape index (κ3) is 9.71. The van der Waals surface area contributed by atoms with Gasteiger partial charge in [-0.05, 0) is 61.1 Å². The number of sulfonamides is 1. The molecule has 0 saturated heterocycles. The average Bonchev–Trinajstić information content (AvgIpc) is 3.02. The summed E-state index contributed by atoms with van der Waals surface area (Å²) in [6.07, 6.45) is 7.02. The van der Waals surface area contributed by atoms with Crippen molar-refractivity contribution in [1.82, 2.24) is 10.2 Å². The molecule has 0 aliphatic heterocycles. The Balaban J connectivity index is 1.60. The van der Waals surface area contributed by atoms with E-state index in [4.69, 9.17) is 16.3 Å². The summed E-state index contributed by atoms with van der Waals surface area (Å²) in [5.41, 5.74) is 3.34. The van der Waals surface area contributed by atoms with E-state index in [-0.39, 0.29) is 48.8 Å². The van der Waals surface area contributed by atoms with E-state index in [9.17, 15) is 18.0 Å². The molecule has 3 aromatic carbocycles. The first-order valence-corrected chi connectivity index (χ1v) is 17.8. The molecule has 242 valence electrons. The Kier molecular flexibility index (Phi) is 12.3. The first kappa shape index (κ1) is 34.3. The van der Waals surface area contributed by atoms with Crippen molar-refractivity contribution in [3.63, 3.8) is 0 Å². The van der Waals surface area contributed by atoms with Gasteiger partial charge < -0.3 is 15.0 Å². The summed E-state index contributed by atoms with van der Waals surface area (Å²) in [5, 5.41) is 3.55. The highest BCUT2D eigenvalue weighted by atomic mass is 35.5. The van der Waals surface area contributed by atoms with Crippen molar-refractivity contribution in [1.29, 1.82) is 0 Å². The standard InChI is InChI=1S/C35H44ClN3O5S/c1-26-13-10-11-16-28(26)25-38(32(23-27-14-6-4-7-15-27)35(41)37-29-17-8-5-9-18-29)34(40)19-12-22-39(45(3,42)43)30-20-21-33(44-2)31(36)24-30/h4,6-7,10-11,13-16,20-21,24,29,32H,5,8-9,12,17-19,22-23,25H2,1-3H3,(H,37,41)/t32-/m1/s1. The molecule has 4 rings (SSSR count). The topological polar surface area (TPSA) is 96.0 Å². The SMILES string of the molecule is COc1ccc(N(CCCC(=O)N(Cc2ccccc2C)[C@H](Cc2ccccc2)C(=O)NC2CCCCC2)S(C)(=O)=O)cc1Cl. The predicted molar refractivity (Wildman–Crippen MR) is 180 cm³/mol. The van der Waals surface area contributed by atoms with E-state index in [2.05, 4.69) is 5.32 Å². The number of amides is 2. The number of ether oxygens (including phenoxy) is 1. The van der Waals surface area contributed by atoms with Crippen LogP contribution in [0.15, 0.2) is 72.8 Å². The zero-order valence-electron chi connectivity index (χ0n) is 26.4. The van der Waals surface area contributed by atoms with Crippen molar-refractivity contribution in [3.05, 3.63) is 94.5 Å². The molecular formula is C35H44ClN3O5S. The quantitative estimate of drug-likeness (QED) is 0.221. The minimum absolute atomic E-state index is 0.0593. The predicted octanol–water partition coefficient (Wildman–Crippen LogP) is 6.29. The largest absolute Gasteiger partial charge is 0.495 e. The van der Waals surface area contributed by atoms with Crippen LogP contribution in [0.4, 0.5) is 5.69 Å². The smallest absolute Gasteiger partial charge is 0.243 e. The number of nitrogens with zero attached hydrogens (tertiary/aromatic N) is 2. The lowest BCUT2D eigenvalue weighted by molar-refractivity contribution is -0.141. The number of aryl methyl sites for hydroxylation is 1. The summed E-state index contributed by atoms with van der Waals surface area (Å²) in [7, 11) is -2.18. The number of halogens is 1. The lowest BCUT2D eigenvalue weighted by Gasteiger charge is -2.34. The summed E-state index contributed by atoms with van der Waals surface area (Å²) in [4.78, 5) is 29.8. The van der Waals surface area contributed by atoms with Gasteiger partial charge in [0.1, 0.15) is 11.8 Å². The minimum Gasteiger partial charge on any atom is -0.495 e. The van der Waals surface area contributed by atoms with E-state index in [0.717, 1.165) is 48.6 Å². The molecule has 1 N–H and O–H groups in total. The van der Waals surface area contributed by atoms with Gasteiger partial charge in [-0.1, -0.05) is 85.5 Å². The Bertz CT molecular complexity index is 1540. The van der Waals surface area contributed by atoms with Crippen LogP contribution in [0.2, 0.25) is 5.02 Å². The van der Waals surface area contributed by atoms with Crippen molar-refractivity contribution in [2.24, 2.45) is 0 Å². The molecule has 1 aliphatic rings. The van der Waals surface area contributed by atoms with Gasteiger partial charge in [0, 0.05) is 32.0 Å². The van der Waals surface area contributed by atoms with Crippen molar-refractivity contribution >= 4 is 39.1 Å². The summed E-state index contributed by atoms with van der Waals surface area (Å²) in [5.74, 6) is 0.0735. The summed E-state index contributed by atoms with van der Waals surface area (Å²) >= 11 is 6.30. The van der Waals surface area contributed by atoms with Crippen LogP contribution in [-0.4, -0.2) is 57.1 Å². The highest BCUT2D eigenvalue weighted by Crippen LogP contribution is 2.30. The first-order valence-electron chi connectivity index (χ1n) is 15.6. The van der Waals surface area contributed by atoms with Crippen LogP contribution in [-0.2, 0) is 32.6 Å². The summed E-state index contributed by atoms with van der Waals surface area (Å²) in [6, 6.07) is 21.8. The fourth-order valence-corrected chi connectivity index (χ4v) is 7.09. The van der Waals surface area contributed by atoms with Crippen LogP contribution in [0.25, 0.3) is 0 Å². The van der Waals surface area contributed by atoms with Gasteiger partial charge in [-0.15, -0.1) is 0 Å². The molecule has 0 aromatic heterocycles. The van der Waals surface area contributed by atoms with Crippen LogP contribution in [0.5, 0.6) is 5.75 Å². The van der Waals surface area contributed by atoms with E-state index in [0.29, 0.717) is 17.9 Å². The zero-order valence-corrected chi connectivity index (χ0v) is 27.9. The second-order valence-electron chi connectivity index (χ2n) is 11.8. The Morgan fingerprint density at radius 3 is 2.33 bits per heavy atom. The number of nitrogens with one attached hydrogen (secondary N) is 1. The molecule has 1 aliphatic carbocycles. The third-order valence-corrected chi connectivity index (χ3v) is 9.89. The van der Waals surface area contributed by atoms with Gasteiger partial charge in [-0.3, -0.25) is 13.9 Å². The molecule has 0 spiro atoms. The Hall–Kier alpha value is -3.56. The second-order valence-corrected chi connectivity index (χ2v) is 14.1.